The number of rotatable bonds is 4. The summed E-state index contributed by atoms with van der Waals surface area (Å²) in [5.74, 6) is 0.937. The van der Waals surface area contributed by atoms with Crippen LogP contribution in [0, 0.1) is 6.92 Å². The van der Waals surface area contributed by atoms with Gasteiger partial charge in [-0.1, -0.05) is 48.8 Å². The maximum atomic E-state index is 5.43. The molecule has 0 aliphatic heterocycles. The van der Waals surface area contributed by atoms with Gasteiger partial charge in [0.15, 0.2) is 5.76 Å². The summed E-state index contributed by atoms with van der Waals surface area (Å²) in [6.07, 6.45) is 3.43. The lowest BCUT2D eigenvalue weighted by Gasteiger charge is -2.01. The molecule has 2 nitrogen and oxygen atoms in total. The molecule has 0 atom stereocenters. The Kier molecular flexibility index (Phi) is 3.40. The van der Waals surface area contributed by atoms with Gasteiger partial charge in [-0.15, -0.1) is 0 Å². The summed E-state index contributed by atoms with van der Waals surface area (Å²) in [5, 5.41) is 4.07. The van der Waals surface area contributed by atoms with Gasteiger partial charge in [0.25, 0.3) is 0 Å². The number of aromatic nitrogens is 1. The number of hydrogen-bond acceptors (Lipinski definition) is 2. The fourth-order valence-corrected chi connectivity index (χ4v) is 1.85. The summed E-state index contributed by atoms with van der Waals surface area (Å²) in [5.41, 5.74) is 3.40. The molecule has 16 heavy (non-hydrogen) atoms. The number of unbranched alkanes of at least 4 members (excludes halogenated alkanes) is 1. The first-order valence-corrected chi connectivity index (χ1v) is 5.83. The first-order chi connectivity index (χ1) is 7.83. The molecule has 2 aromatic rings. The van der Waals surface area contributed by atoms with Crippen LogP contribution in [0.1, 0.15) is 31.0 Å². The van der Waals surface area contributed by atoms with E-state index in [1.165, 1.54) is 18.4 Å². The van der Waals surface area contributed by atoms with Crippen LogP contribution in [-0.2, 0) is 6.42 Å². The molecule has 0 saturated heterocycles. The van der Waals surface area contributed by atoms with Crippen molar-refractivity contribution in [3.8, 4) is 11.3 Å². The van der Waals surface area contributed by atoms with Crippen molar-refractivity contribution in [2.45, 2.75) is 33.1 Å². The average Bonchev–Trinajstić information content (AvgIpc) is 2.69. The Balaban J connectivity index is 2.34. The normalized spacial score (nSPS) is 10.6. The van der Waals surface area contributed by atoms with Crippen LogP contribution in [0.3, 0.4) is 0 Å². The number of nitrogens with zero attached hydrogens (tertiary/aromatic N) is 1. The van der Waals surface area contributed by atoms with Crippen LogP contribution >= 0.6 is 0 Å². The minimum Gasteiger partial charge on any atom is -0.356 e. The topological polar surface area (TPSA) is 26.0 Å². The number of hydrogen-bond donors (Lipinski definition) is 0. The fourth-order valence-electron chi connectivity index (χ4n) is 1.85. The van der Waals surface area contributed by atoms with Crippen LogP contribution in [-0.4, -0.2) is 5.16 Å². The zero-order valence-electron chi connectivity index (χ0n) is 9.86. The second-order valence-electron chi connectivity index (χ2n) is 4.05. The van der Waals surface area contributed by atoms with Gasteiger partial charge in [0, 0.05) is 11.1 Å². The summed E-state index contributed by atoms with van der Waals surface area (Å²) in [6.45, 7) is 4.21. The van der Waals surface area contributed by atoms with E-state index in [1.54, 1.807) is 0 Å². The smallest absolute Gasteiger partial charge is 0.170 e. The van der Waals surface area contributed by atoms with E-state index < -0.39 is 0 Å². The molecule has 0 saturated carbocycles. The molecule has 0 unspecified atom stereocenters. The first-order valence-electron chi connectivity index (χ1n) is 5.83. The van der Waals surface area contributed by atoms with E-state index in [9.17, 15) is 0 Å². The third-order valence-corrected chi connectivity index (χ3v) is 2.80. The third-order valence-electron chi connectivity index (χ3n) is 2.80. The van der Waals surface area contributed by atoms with Gasteiger partial charge in [0.05, 0.1) is 5.69 Å². The largest absolute Gasteiger partial charge is 0.356 e. The van der Waals surface area contributed by atoms with Crippen LogP contribution in [0.25, 0.3) is 11.3 Å². The van der Waals surface area contributed by atoms with Gasteiger partial charge in [0.2, 0.25) is 0 Å². The second-order valence-corrected chi connectivity index (χ2v) is 4.05. The van der Waals surface area contributed by atoms with Crippen molar-refractivity contribution in [1.82, 2.24) is 5.16 Å². The van der Waals surface area contributed by atoms with Crippen LogP contribution in [0.2, 0.25) is 0 Å². The van der Waals surface area contributed by atoms with E-state index in [0.29, 0.717) is 0 Å². The van der Waals surface area contributed by atoms with Gasteiger partial charge < -0.3 is 4.52 Å². The van der Waals surface area contributed by atoms with E-state index in [4.69, 9.17) is 4.52 Å². The molecule has 0 amide bonds. The van der Waals surface area contributed by atoms with Gasteiger partial charge in [-0.2, -0.15) is 0 Å². The summed E-state index contributed by atoms with van der Waals surface area (Å²) >= 11 is 0. The summed E-state index contributed by atoms with van der Waals surface area (Å²) in [6, 6.07) is 10.2. The van der Waals surface area contributed by atoms with Gasteiger partial charge in [-0.05, 0) is 19.8 Å². The highest BCUT2D eigenvalue weighted by atomic mass is 16.5. The van der Waals surface area contributed by atoms with Crippen LogP contribution < -0.4 is 0 Å². The van der Waals surface area contributed by atoms with Gasteiger partial charge in [0.1, 0.15) is 0 Å². The van der Waals surface area contributed by atoms with Crippen molar-refractivity contribution >= 4 is 0 Å². The molecule has 0 radical (unpaired) electrons. The first kappa shape index (κ1) is 10.9. The Labute approximate surface area is 96.3 Å². The van der Waals surface area contributed by atoms with Crippen molar-refractivity contribution in [2.75, 3.05) is 0 Å². The SMILES string of the molecule is CCCCc1c(C)noc1-c1ccccc1. The van der Waals surface area contributed by atoms with E-state index >= 15 is 0 Å². The van der Waals surface area contributed by atoms with Crippen molar-refractivity contribution < 1.29 is 4.52 Å². The standard InChI is InChI=1S/C14H17NO/c1-3-4-10-13-11(2)15-16-14(13)12-8-6-5-7-9-12/h5-9H,3-4,10H2,1-2H3. The van der Waals surface area contributed by atoms with Crippen molar-refractivity contribution in [2.24, 2.45) is 0 Å². The summed E-state index contributed by atoms with van der Waals surface area (Å²) in [7, 11) is 0. The lowest BCUT2D eigenvalue weighted by molar-refractivity contribution is 0.426. The third kappa shape index (κ3) is 2.16. The maximum absolute atomic E-state index is 5.43. The van der Waals surface area contributed by atoms with E-state index in [0.717, 1.165) is 23.4 Å². The summed E-state index contributed by atoms with van der Waals surface area (Å²) < 4.78 is 5.43. The molecule has 0 bridgehead atoms. The predicted molar refractivity (Wildman–Crippen MR) is 65.3 cm³/mol. The molecule has 2 rings (SSSR count). The van der Waals surface area contributed by atoms with E-state index in [1.807, 2.05) is 25.1 Å². The molecule has 2 heteroatoms. The molecule has 84 valence electrons. The molecule has 1 aromatic heterocycles. The van der Waals surface area contributed by atoms with E-state index in [-0.39, 0.29) is 0 Å². The molecule has 0 aliphatic carbocycles. The van der Waals surface area contributed by atoms with Crippen LogP contribution in [0.5, 0.6) is 0 Å². The van der Waals surface area contributed by atoms with Gasteiger partial charge in [-0.25, -0.2) is 0 Å². The molecular weight excluding hydrogens is 198 g/mol. The molecule has 0 aliphatic rings. The Morgan fingerprint density at radius 3 is 2.62 bits per heavy atom. The quantitative estimate of drug-likeness (QED) is 0.770. The zero-order chi connectivity index (χ0) is 11.4. The Morgan fingerprint density at radius 2 is 1.94 bits per heavy atom. The number of aryl methyl sites for hydroxylation is 1. The fraction of sp³-hybridized carbons (Fsp3) is 0.357. The van der Waals surface area contributed by atoms with Crippen molar-refractivity contribution in [3.05, 3.63) is 41.6 Å². The zero-order valence-corrected chi connectivity index (χ0v) is 9.86. The Hall–Kier alpha value is -1.57. The molecular formula is C14H17NO. The lowest BCUT2D eigenvalue weighted by atomic mass is 10.0. The lowest BCUT2D eigenvalue weighted by Crippen LogP contribution is -1.88. The molecule has 1 heterocycles. The molecule has 1 aromatic carbocycles. The average molecular weight is 215 g/mol. The predicted octanol–water partition coefficient (Wildman–Crippen LogP) is 3.99. The Morgan fingerprint density at radius 1 is 1.19 bits per heavy atom. The molecule has 0 spiro atoms. The summed E-state index contributed by atoms with van der Waals surface area (Å²) in [4.78, 5) is 0. The van der Waals surface area contributed by atoms with Gasteiger partial charge >= 0.3 is 0 Å². The number of benzene rings is 1. The molecule has 0 fully saturated rings. The molecule has 0 N–H and O–H groups in total. The minimum atomic E-state index is 0.937. The van der Waals surface area contributed by atoms with Crippen molar-refractivity contribution in [1.29, 1.82) is 0 Å². The van der Waals surface area contributed by atoms with E-state index in [2.05, 4.69) is 24.2 Å². The monoisotopic (exact) mass is 215 g/mol. The van der Waals surface area contributed by atoms with Crippen LogP contribution in [0.15, 0.2) is 34.9 Å². The highest BCUT2D eigenvalue weighted by molar-refractivity contribution is 5.61. The van der Waals surface area contributed by atoms with Crippen molar-refractivity contribution in [3.63, 3.8) is 0 Å². The van der Waals surface area contributed by atoms with Crippen LogP contribution in [0.4, 0.5) is 0 Å². The Bertz CT molecular complexity index is 445. The minimum absolute atomic E-state index is 0.937. The second kappa shape index (κ2) is 4.97. The highest BCUT2D eigenvalue weighted by Crippen LogP contribution is 2.27. The maximum Gasteiger partial charge on any atom is 0.170 e. The van der Waals surface area contributed by atoms with Gasteiger partial charge in [-0.3, -0.25) is 0 Å². The highest BCUT2D eigenvalue weighted by Gasteiger charge is 2.13.